The van der Waals surface area contributed by atoms with Gasteiger partial charge in [0.05, 0.1) is 0 Å². The van der Waals surface area contributed by atoms with Gasteiger partial charge in [0.1, 0.15) is 12.9 Å². The van der Waals surface area contributed by atoms with Crippen LogP contribution in [-0.2, 0) is 19.1 Å². The van der Waals surface area contributed by atoms with E-state index in [-0.39, 0.29) is 23.4 Å². The van der Waals surface area contributed by atoms with E-state index in [1.807, 2.05) is 0 Å². The zero-order valence-corrected chi connectivity index (χ0v) is 16.9. The van der Waals surface area contributed by atoms with Gasteiger partial charge in [-0.2, -0.15) is 0 Å². The van der Waals surface area contributed by atoms with Gasteiger partial charge in [-0.3, -0.25) is 9.59 Å². The van der Waals surface area contributed by atoms with Gasteiger partial charge in [0.25, 0.3) is 0 Å². The molecule has 2 aliphatic rings. The summed E-state index contributed by atoms with van der Waals surface area (Å²) in [4.78, 5) is 34.0. The highest BCUT2D eigenvalue weighted by atomic mass is 16.5. The first kappa shape index (κ1) is 21.4. The number of hydrogen-bond acceptors (Lipinski definition) is 4. The summed E-state index contributed by atoms with van der Waals surface area (Å²) in [5, 5.41) is 9.11. The molecule has 5 heteroatoms. The first-order chi connectivity index (χ1) is 12.6. The maximum atomic E-state index is 11.7. The van der Waals surface area contributed by atoms with Crippen molar-refractivity contribution < 1.29 is 24.2 Å². The first-order valence-corrected chi connectivity index (χ1v) is 9.81. The molecule has 1 fully saturated rings. The van der Waals surface area contributed by atoms with Crippen LogP contribution >= 0.6 is 0 Å². The van der Waals surface area contributed by atoms with Crippen molar-refractivity contribution in [3.8, 4) is 0 Å². The maximum Gasteiger partial charge on any atom is 0.328 e. The van der Waals surface area contributed by atoms with E-state index in [1.54, 1.807) is 0 Å². The van der Waals surface area contributed by atoms with Crippen LogP contribution in [0.25, 0.3) is 0 Å². The number of carbonyl (C=O) groups is 3. The van der Waals surface area contributed by atoms with Crippen LogP contribution in [0, 0.1) is 22.7 Å². The SMILES string of the molecule is CC(=O)OCC(=CC(=O)O)CCC1C(C=O)=CCC2C(C)(C)CCCC12C. The monoisotopic (exact) mass is 376 g/mol. The molecular formula is C22H32O5. The summed E-state index contributed by atoms with van der Waals surface area (Å²) in [6.45, 7) is 8.24. The minimum atomic E-state index is -1.05. The van der Waals surface area contributed by atoms with E-state index in [9.17, 15) is 14.4 Å². The first-order valence-electron chi connectivity index (χ1n) is 9.81. The van der Waals surface area contributed by atoms with Crippen molar-refractivity contribution in [2.24, 2.45) is 22.7 Å². The fraction of sp³-hybridized carbons (Fsp3) is 0.682. The number of esters is 1. The van der Waals surface area contributed by atoms with Crippen LogP contribution < -0.4 is 0 Å². The van der Waals surface area contributed by atoms with E-state index in [0.717, 1.165) is 37.2 Å². The van der Waals surface area contributed by atoms with E-state index in [2.05, 4.69) is 26.8 Å². The molecule has 3 atom stereocenters. The molecule has 0 aromatic rings. The van der Waals surface area contributed by atoms with Crippen LogP contribution in [0.2, 0.25) is 0 Å². The average Bonchev–Trinajstić information content (AvgIpc) is 2.56. The Hall–Kier alpha value is -1.91. The van der Waals surface area contributed by atoms with Crippen molar-refractivity contribution in [3.63, 3.8) is 0 Å². The lowest BCUT2D eigenvalue weighted by Gasteiger charge is -2.56. The Labute approximate surface area is 161 Å². The fourth-order valence-corrected chi connectivity index (χ4v) is 5.46. The summed E-state index contributed by atoms with van der Waals surface area (Å²) < 4.78 is 5.01. The fourth-order valence-electron chi connectivity index (χ4n) is 5.46. The Morgan fingerprint density at radius 3 is 2.59 bits per heavy atom. The average molecular weight is 376 g/mol. The molecule has 3 unspecified atom stereocenters. The second-order valence-electron chi connectivity index (χ2n) is 8.97. The molecule has 0 radical (unpaired) electrons. The highest BCUT2D eigenvalue weighted by molar-refractivity contribution is 5.81. The molecule has 0 bridgehead atoms. The molecule has 5 nitrogen and oxygen atoms in total. The molecule has 0 saturated heterocycles. The molecule has 1 saturated carbocycles. The molecule has 0 heterocycles. The number of hydrogen-bond donors (Lipinski definition) is 1. The number of aldehydes is 1. The Morgan fingerprint density at radius 2 is 2.00 bits per heavy atom. The molecule has 2 aliphatic carbocycles. The van der Waals surface area contributed by atoms with Gasteiger partial charge in [0, 0.05) is 13.0 Å². The second-order valence-corrected chi connectivity index (χ2v) is 8.97. The van der Waals surface area contributed by atoms with Gasteiger partial charge in [-0.05, 0) is 65.9 Å². The van der Waals surface area contributed by atoms with Crippen LogP contribution in [0.15, 0.2) is 23.3 Å². The number of carbonyl (C=O) groups excluding carboxylic acids is 2. The van der Waals surface area contributed by atoms with Crippen molar-refractivity contribution in [1.29, 1.82) is 0 Å². The second kappa shape index (κ2) is 8.41. The van der Waals surface area contributed by atoms with Gasteiger partial charge in [0.15, 0.2) is 0 Å². The highest BCUT2D eigenvalue weighted by Crippen LogP contribution is 2.60. The Bertz CT molecular complexity index is 658. The lowest BCUT2D eigenvalue weighted by Crippen LogP contribution is -2.48. The Morgan fingerprint density at radius 1 is 1.30 bits per heavy atom. The molecule has 0 spiro atoms. The van der Waals surface area contributed by atoms with Gasteiger partial charge in [-0.1, -0.05) is 33.3 Å². The normalized spacial score (nSPS) is 30.1. The van der Waals surface area contributed by atoms with E-state index in [1.165, 1.54) is 13.3 Å². The van der Waals surface area contributed by atoms with Crippen LogP contribution in [-0.4, -0.2) is 29.9 Å². The molecule has 150 valence electrons. The third-order valence-electron chi connectivity index (χ3n) is 6.74. The molecular weight excluding hydrogens is 344 g/mol. The lowest BCUT2D eigenvalue weighted by molar-refractivity contribution is -0.140. The maximum absolute atomic E-state index is 11.7. The van der Waals surface area contributed by atoms with Gasteiger partial charge < -0.3 is 9.84 Å². The van der Waals surface area contributed by atoms with Crippen molar-refractivity contribution in [1.82, 2.24) is 0 Å². The number of rotatable bonds is 7. The predicted molar refractivity (Wildman–Crippen MR) is 103 cm³/mol. The Kier molecular flexibility index (Phi) is 6.66. The van der Waals surface area contributed by atoms with Crippen molar-refractivity contribution in [3.05, 3.63) is 23.3 Å². The van der Waals surface area contributed by atoms with E-state index < -0.39 is 11.9 Å². The summed E-state index contributed by atoms with van der Waals surface area (Å²) in [6, 6.07) is 0. The number of fused-ring (bicyclic) bond motifs is 1. The smallest absolute Gasteiger partial charge is 0.328 e. The molecule has 27 heavy (non-hydrogen) atoms. The Balaban J connectivity index is 2.23. The van der Waals surface area contributed by atoms with Crippen LogP contribution in [0.3, 0.4) is 0 Å². The van der Waals surface area contributed by atoms with E-state index in [4.69, 9.17) is 9.84 Å². The van der Waals surface area contributed by atoms with Gasteiger partial charge in [-0.15, -0.1) is 0 Å². The summed E-state index contributed by atoms with van der Waals surface area (Å²) >= 11 is 0. The highest BCUT2D eigenvalue weighted by Gasteiger charge is 2.52. The predicted octanol–water partition coefficient (Wildman–Crippen LogP) is 4.32. The molecule has 0 aromatic carbocycles. The molecule has 1 N–H and O–H groups in total. The molecule has 0 aromatic heterocycles. The lowest BCUT2D eigenvalue weighted by atomic mass is 9.48. The third kappa shape index (κ3) is 4.88. The molecule has 0 aliphatic heterocycles. The van der Waals surface area contributed by atoms with Crippen LogP contribution in [0.4, 0.5) is 0 Å². The summed E-state index contributed by atoms with van der Waals surface area (Å²) in [7, 11) is 0. The standard InChI is InChI=1S/C22H32O5/c1-15(24)27-14-16(12-20(25)26)6-8-18-17(13-23)7-9-19-21(2,3)10-5-11-22(18,19)4/h7,12-13,18-19H,5-6,8-11,14H2,1-4H3,(H,25,26). The molecule has 0 amide bonds. The van der Waals surface area contributed by atoms with Crippen molar-refractivity contribution >= 4 is 18.2 Å². The zero-order valence-electron chi connectivity index (χ0n) is 16.9. The van der Waals surface area contributed by atoms with Gasteiger partial charge in [0.2, 0.25) is 0 Å². The third-order valence-corrected chi connectivity index (χ3v) is 6.74. The molecule has 2 rings (SSSR count). The number of aliphatic carboxylic acids is 1. The van der Waals surface area contributed by atoms with E-state index in [0.29, 0.717) is 24.3 Å². The quantitative estimate of drug-likeness (QED) is 0.407. The number of carboxylic acids is 1. The number of carboxylic acid groups (broad SMARTS) is 1. The number of allylic oxidation sites excluding steroid dienone is 2. The van der Waals surface area contributed by atoms with Crippen molar-refractivity contribution in [2.45, 2.75) is 66.2 Å². The van der Waals surface area contributed by atoms with E-state index >= 15 is 0 Å². The summed E-state index contributed by atoms with van der Waals surface area (Å²) in [6.07, 6.45) is 9.73. The van der Waals surface area contributed by atoms with Gasteiger partial charge >= 0.3 is 11.9 Å². The zero-order chi connectivity index (χ0) is 20.2. The minimum Gasteiger partial charge on any atom is -0.478 e. The van der Waals surface area contributed by atoms with Crippen LogP contribution in [0.5, 0.6) is 0 Å². The topological polar surface area (TPSA) is 80.7 Å². The largest absolute Gasteiger partial charge is 0.478 e. The number of ether oxygens (including phenoxy) is 1. The van der Waals surface area contributed by atoms with Gasteiger partial charge in [-0.25, -0.2) is 4.79 Å². The summed E-state index contributed by atoms with van der Waals surface area (Å²) in [5.74, 6) is -0.871. The van der Waals surface area contributed by atoms with Crippen molar-refractivity contribution in [2.75, 3.05) is 6.61 Å². The minimum absolute atomic E-state index is 0.0138. The summed E-state index contributed by atoms with van der Waals surface area (Å²) in [5.41, 5.74) is 1.67. The van der Waals surface area contributed by atoms with Crippen LogP contribution in [0.1, 0.15) is 66.2 Å².